The van der Waals surface area contributed by atoms with Gasteiger partial charge in [0.05, 0.1) is 0 Å². The number of benzene rings is 1. The van der Waals surface area contributed by atoms with E-state index in [1.54, 1.807) is 19.1 Å². The van der Waals surface area contributed by atoms with Gasteiger partial charge in [0.25, 0.3) is 0 Å². The summed E-state index contributed by atoms with van der Waals surface area (Å²) in [5.41, 5.74) is 1.67. The molecule has 0 heterocycles. The van der Waals surface area contributed by atoms with E-state index in [-0.39, 0.29) is 18.4 Å². The van der Waals surface area contributed by atoms with Crippen molar-refractivity contribution in [2.45, 2.75) is 26.3 Å². The first-order valence-corrected chi connectivity index (χ1v) is 5.80. The third kappa shape index (κ3) is 4.55. The zero-order chi connectivity index (χ0) is 13.5. The lowest BCUT2D eigenvalue weighted by molar-refractivity contribution is -0.124. The van der Waals surface area contributed by atoms with Gasteiger partial charge in [0, 0.05) is 19.2 Å². The average molecular weight is 250 g/mol. The van der Waals surface area contributed by atoms with Crippen molar-refractivity contribution < 1.29 is 14.7 Å². The molecule has 0 aliphatic rings. The minimum Gasteiger partial charge on any atom is -0.396 e. The molecule has 0 radical (unpaired) electrons. The van der Waals surface area contributed by atoms with Gasteiger partial charge in [-0.2, -0.15) is 0 Å². The van der Waals surface area contributed by atoms with Gasteiger partial charge in [-0.15, -0.1) is 0 Å². The monoisotopic (exact) mass is 250 g/mol. The molecular formula is C13H18N2O3. The van der Waals surface area contributed by atoms with Crippen LogP contribution in [-0.4, -0.2) is 29.6 Å². The number of anilines is 1. The maximum atomic E-state index is 11.7. The second-order valence-electron chi connectivity index (χ2n) is 4.08. The Bertz CT molecular complexity index is 415. The van der Waals surface area contributed by atoms with E-state index in [1.807, 2.05) is 12.1 Å². The van der Waals surface area contributed by atoms with Crippen molar-refractivity contribution >= 4 is 17.5 Å². The number of amides is 2. The number of carbonyl (C=O) groups excluding carboxylic acids is 2. The first-order valence-electron chi connectivity index (χ1n) is 5.80. The Morgan fingerprint density at radius 2 is 1.89 bits per heavy atom. The van der Waals surface area contributed by atoms with E-state index in [0.29, 0.717) is 12.1 Å². The van der Waals surface area contributed by atoms with Gasteiger partial charge >= 0.3 is 0 Å². The van der Waals surface area contributed by atoms with Gasteiger partial charge in [-0.1, -0.05) is 12.1 Å². The van der Waals surface area contributed by atoms with Gasteiger partial charge < -0.3 is 15.7 Å². The van der Waals surface area contributed by atoms with Gasteiger partial charge in [-0.25, -0.2) is 0 Å². The molecule has 3 N–H and O–H groups in total. The highest BCUT2D eigenvalue weighted by Gasteiger charge is 2.13. The van der Waals surface area contributed by atoms with Crippen molar-refractivity contribution in [3.05, 3.63) is 29.8 Å². The minimum absolute atomic E-state index is 0.102. The fourth-order valence-electron chi connectivity index (χ4n) is 1.50. The molecule has 0 bridgehead atoms. The summed E-state index contributed by atoms with van der Waals surface area (Å²) in [4.78, 5) is 22.5. The van der Waals surface area contributed by atoms with Gasteiger partial charge in [-0.05, 0) is 31.0 Å². The van der Waals surface area contributed by atoms with Crippen LogP contribution in [0.15, 0.2) is 24.3 Å². The van der Waals surface area contributed by atoms with Crippen LogP contribution in [-0.2, 0) is 16.0 Å². The Morgan fingerprint density at radius 3 is 2.39 bits per heavy atom. The molecule has 1 aromatic rings. The molecule has 0 aliphatic carbocycles. The third-order valence-corrected chi connectivity index (χ3v) is 2.44. The SMILES string of the molecule is CC(=O)NC(C)C(=O)Nc1ccc(CCO)cc1. The van der Waals surface area contributed by atoms with Crippen LogP contribution in [0.5, 0.6) is 0 Å². The highest BCUT2D eigenvalue weighted by molar-refractivity contribution is 5.96. The van der Waals surface area contributed by atoms with Crippen LogP contribution in [0.4, 0.5) is 5.69 Å². The molecule has 0 aromatic heterocycles. The van der Waals surface area contributed by atoms with Gasteiger partial charge in [0.2, 0.25) is 11.8 Å². The van der Waals surface area contributed by atoms with Crippen molar-refractivity contribution in [3.63, 3.8) is 0 Å². The molecule has 0 fully saturated rings. The molecule has 1 rings (SSSR count). The number of nitrogens with one attached hydrogen (secondary N) is 2. The van der Waals surface area contributed by atoms with Crippen molar-refractivity contribution in [1.82, 2.24) is 5.32 Å². The first-order chi connectivity index (χ1) is 8.52. The largest absolute Gasteiger partial charge is 0.396 e. The smallest absolute Gasteiger partial charge is 0.246 e. The Labute approximate surface area is 106 Å². The van der Waals surface area contributed by atoms with Crippen molar-refractivity contribution in [1.29, 1.82) is 0 Å². The summed E-state index contributed by atoms with van der Waals surface area (Å²) in [6, 6.07) is 6.65. The molecule has 0 saturated heterocycles. The van der Waals surface area contributed by atoms with Crippen molar-refractivity contribution in [2.75, 3.05) is 11.9 Å². The van der Waals surface area contributed by atoms with E-state index >= 15 is 0 Å². The van der Waals surface area contributed by atoms with Crippen molar-refractivity contribution in [2.24, 2.45) is 0 Å². The number of rotatable bonds is 5. The molecule has 1 unspecified atom stereocenters. The van der Waals surface area contributed by atoms with E-state index in [4.69, 9.17) is 5.11 Å². The fraction of sp³-hybridized carbons (Fsp3) is 0.385. The van der Waals surface area contributed by atoms with Crippen LogP contribution in [0, 0.1) is 0 Å². The molecule has 18 heavy (non-hydrogen) atoms. The van der Waals surface area contributed by atoms with Gasteiger partial charge in [0.15, 0.2) is 0 Å². The predicted octanol–water partition coefficient (Wildman–Crippen LogP) is 0.684. The molecule has 1 atom stereocenters. The Morgan fingerprint density at radius 1 is 1.28 bits per heavy atom. The Kier molecular flexibility index (Phi) is 5.32. The van der Waals surface area contributed by atoms with Crippen LogP contribution in [0.25, 0.3) is 0 Å². The quantitative estimate of drug-likeness (QED) is 0.719. The summed E-state index contributed by atoms with van der Waals surface area (Å²) in [7, 11) is 0. The molecule has 2 amide bonds. The zero-order valence-electron chi connectivity index (χ0n) is 10.6. The molecule has 0 saturated carbocycles. The summed E-state index contributed by atoms with van der Waals surface area (Å²) in [6.45, 7) is 3.09. The Hall–Kier alpha value is -1.88. The number of hydrogen-bond acceptors (Lipinski definition) is 3. The summed E-state index contributed by atoms with van der Waals surface area (Å²) in [5, 5.41) is 14.0. The number of carbonyl (C=O) groups is 2. The lowest BCUT2D eigenvalue weighted by atomic mass is 10.1. The predicted molar refractivity (Wildman–Crippen MR) is 69.1 cm³/mol. The molecule has 0 aliphatic heterocycles. The Balaban J connectivity index is 2.56. The summed E-state index contributed by atoms with van der Waals surface area (Å²) in [6.07, 6.45) is 0.594. The van der Waals surface area contributed by atoms with Crippen LogP contribution < -0.4 is 10.6 Å². The highest BCUT2D eigenvalue weighted by Crippen LogP contribution is 2.10. The van der Waals surface area contributed by atoms with Gasteiger partial charge in [-0.3, -0.25) is 9.59 Å². The molecule has 98 valence electrons. The zero-order valence-corrected chi connectivity index (χ0v) is 10.6. The number of hydrogen-bond donors (Lipinski definition) is 3. The van der Waals surface area contributed by atoms with E-state index in [1.165, 1.54) is 6.92 Å². The molecule has 1 aromatic carbocycles. The summed E-state index contributed by atoms with van der Waals surface area (Å²) in [5.74, 6) is -0.504. The lowest BCUT2D eigenvalue weighted by Gasteiger charge is -2.13. The van der Waals surface area contributed by atoms with Crippen LogP contribution in [0.1, 0.15) is 19.4 Å². The maximum absolute atomic E-state index is 11.7. The second-order valence-corrected chi connectivity index (χ2v) is 4.08. The highest BCUT2D eigenvalue weighted by atomic mass is 16.3. The summed E-state index contributed by atoms with van der Waals surface area (Å²) < 4.78 is 0. The first kappa shape index (κ1) is 14.2. The standard InChI is InChI=1S/C13H18N2O3/c1-9(14-10(2)17)13(18)15-12-5-3-11(4-6-12)7-8-16/h3-6,9,16H,7-8H2,1-2H3,(H,14,17)(H,15,18). The number of aliphatic hydroxyl groups excluding tert-OH is 1. The van der Waals surface area contributed by atoms with E-state index < -0.39 is 6.04 Å². The van der Waals surface area contributed by atoms with E-state index in [9.17, 15) is 9.59 Å². The minimum atomic E-state index is -0.570. The number of aliphatic hydroxyl groups is 1. The van der Waals surface area contributed by atoms with Crippen molar-refractivity contribution in [3.8, 4) is 0 Å². The molecule has 5 heteroatoms. The average Bonchev–Trinajstić information content (AvgIpc) is 2.31. The third-order valence-electron chi connectivity index (χ3n) is 2.44. The molecule has 0 spiro atoms. The second kappa shape index (κ2) is 6.76. The van der Waals surface area contributed by atoms with Crippen LogP contribution in [0.3, 0.4) is 0 Å². The fourth-order valence-corrected chi connectivity index (χ4v) is 1.50. The van der Waals surface area contributed by atoms with Crippen LogP contribution >= 0.6 is 0 Å². The topological polar surface area (TPSA) is 78.4 Å². The van der Waals surface area contributed by atoms with E-state index in [2.05, 4.69) is 10.6 Å². The normalized spacial score (nSPS) is 11.7. The summed E-state index contributed by atoms with van der Waals surface area (Å²) >= 11 is 0. The molecular weight excluding hydrogens is 232 g/mol. The van der Waals surface area contributed by atoms with Gasteiger partial charge in [0.1, 0.15) is 6.04 Å². The molecule has 5 nitrogen and oxygen atoms in total. The van der Waals surface area contributed by atoms with Crippen LogP contribution in [0.2, 0.25) is 0 Å². The van der Waals surface area contributed by atoms with E-state index in [0.717, 1.165) is 5.56 Å². The maximum Gasteiger partial charge on any atom is 0.246 e. The lowest BCUT2D eigenvalue weighted by Crippen LogP contribution is -2.40.